The highest BCUT2D eigenvalue weighted by Gasteiger charge is 2.13. The van der Waals surface area contributed by atoms with Crippen molar-refractivity contribution in [2.75, 3.05) is 13.2 Å². The fraction of sp³-hybridized carbons (Fsp3) is 0.118. The minimum Gasteiger partial charge on any atom is -0.490 e. The van der Waals surface area contributed by atoms with E-state index in [1.165, 1.54) is 18.2 Å². The molecule has 0 N–H and O–H groups in total. The lowest BCUT2D eigenvalue weighted by Crippen LogP contribution is -2.10. The molecule has 122 valence electrons. The highest BCUT2D eigenvalue weighted by Crippen LogP contribution is 2.25. The molecule has 3 rings (SSSR count). The Kier molecular flexibility index (Phi) is 4.42. The molecule has 0 aliphatic heterocycles. The summed E-state index contributed by atoms with van der Waals surface area (Å²) in [4.78, 5) is 21.6. The SMILES string of the molecule is O=c1ccc2ccc(OCCOc3ccccc3[N+](=O)[O-])cc2o1. The Hall–Kier alpha value is -3.35. The smallest absolute Gasteiger partial charge is 0.336 e. The van der Waals surface area contributed by atoms with Crippen LogP contribution in [0.2, 0.25) is 0 Å². The van der Waals surface area contributed by atoms with Crippen LogP contribution in [0.5, 0.6) is 11.5 Å². The molecule has 0 aliphatic carbocycles. The first kappa shape index (κ1) is 15.5. The summed E-state index contributed by atoms with van der Waals surface area (Å²) in [7, 11) is 0. The molecule has 0 saturated heterocycles. The van der Waals surface area contributed by atoms with E-state index in [2.05, 4.69) is 0 Å². The van der Waals surface area contributed by atoms with E-state index in [0.717, 1.165) is 5.39 Å². The Bertz CT molecular complexity index is 934. The number of nitrogens with zero attached hydrogens (tertiary/aromatic N) is 1. The van der Waals surface area contributed by atoms with Crippen molar-refractivity contribution in [1.29, 1.82) is 0 Å². The molecule has 0 spiro atoms. The van der Waals surface area contributed by atoms with Crippen LogP contribution >= 0.6 is 0 Å². The summed E-state index contributed by atoms with van der Waals surface area (Å²) in [6.45, 7) is 0.330. The molecule has 0 saturated carbocycles. The lowest BCUT2D eigenvalue weighted by atomic mass is 10.2. The van der Waals surface area contributed by atoms with Gasteiger partial charge >= 0.3 is 11.3 Å². The summed E-state index contributed by atoms with van der Waals surface area (Å²) < 4.78 is 16.0. The Labute approximate surface area is 136 Å². The normalized spacial score (nSPS) is 10.5. The monoisotopic (exact) mass is 327 g/mol. The van der Waals surface area contributed by atoms with Crippen LogP contribution in [0.1, 0.15) is 0 Å². The summed E-state index contributed by atoms with van der Waals surface area (Å²) in [6, 6.07) is 14.3. The van der Waals surface area contributed by atoms with Crippen molar-refractivity contribution >= 4 is 16.7 Å². The third kappa shape index (κ3) is 3.52. The van der Waals surface area contributed by atoms with Crippen molar-refractivity contribution in [3.8, 4) is 11.5 Å². The number of ether oxygens (including phenoxy) is 2. The van der Waals surface area contributed by atoms with Gasteiger partial charge in [-0.15, -0.1) is 0 Å². The second-order valence-electron chi connectivity index (χ2n) is 4.88. The zero-order valence-electron chi connectivity index (χ0n) is 12.5. The number of para-hydroxylation sites is 2. The van der Waals surface area contributed by atoms with Crippen LogP contribution in [0.15, 0.2) is 63.8 Å². The quantitative estimate of drug-likeness (QED) is 0.299. The van der Waals surface area contributed by atoms with Crippen LogP contribution in [0.3, 0.4) is 0 Å². The molecule has 0 atom stereocenters. The van der Waals surface area contributed by atoms with Gasteiger partial charge in [0.25, 0.3) is 0 Å². The molecule has 24 heavy (non-hydrogen) atoms. The van der Waals surface area contributed by atoms with Gasteiger partial charge in [0.05, 0.1) is 4.92 Å². The van der Waals surface area contributed by atoms with Crippen LogP contribution in [-0.4, -0.2) is 18.1 Å². The summed E-state index contributed by atoms with van der Waals surface area (Å²) >= 11 is 0. The summed E-state index contributed by atoms with van der Waals surface area (Å²) in [6.07, 6.45) is 0. The molecule has 0 fully saturated rings. The van der Waals surface area contributed by atoms with Crippen molar-refractivity contribution in [3.63, 3.8) is 0 Å². The molecule has 0 amide bonds. The van der Waals surface area contributed by atoms with Crippen molar-refractivity contribution in [1.82, 2.24) is 0 Å². The maximum Gasteiger partial charge on any atom is 0.336 e. The molecule has 0 aliphatic rings. The Balaban J connectivity index is 1.61. The maximum absolute atomic E-state index is 11.2. The minimum atomic E-state index is -0.498. The molecule has 7 nitrogen and oxygen atoms in total. The Morgan fingerprint density at radius 2 is 1.75 bits per heavy atom. The lowest BCUT2D eigenvalue weighted by molar-refractivity contribution is -0.385. The van der Waals surface area contributed by atoms with Gasteiger partial charge in [-0.2, -0.15) is 0 Å². The molecule has 0 radical (unpaired) electrons. The number of fused-ring (bicyclic) bond motifs is 1. The minimum absolute atomic E-state index is 0.0926. The molecule has 1 heterocycles. The number of hydrogen-bond donors (Lipinski definition) is 0. The van der Waals surface area contributed by atoms with E-state index in [4.69, 9.17) is 13.9 Å². The summed E-state index contributed by atoms with van der Waals surface area (Å²) in [5, 5.41) is 11.7. The second-order valence-corrected chi connectivity index (χ2v) is 4.88. The van der Waals surface area contributed by atoms with E-state index < -0.39 is 10.5 Å². The first-order chi connectivity index (χ1) is 11.6. The molecule has 3 aromatic rings. The highest BCUT2D eigenvalue weighted by molar-refractivity contribution is 5.77. The second kappa shape index (κ2) is 6.82. The van der Waals surface area contributed by atoms with Crippen molar-refractivity contribution in [2.24, 2.45) is 0 Å². The fourth-order valence-electron chi connectivity index (χ4n) is 2.17. The number of rotatable bonds is 6. The predicted molar refractivity (Wildman–Crippen MR) is 86.6 cm³/mol. The standard InChI is InChI=1S/C17H13NO6/c19-17-8-6-12-5-7-13(11-16(12)24-17)22-9-10-23-15-4-2-1-3-14(15)18(20)21/h1-8,11H,9-10H2. The predicted octanol–water partition coefficient (Wildman–Crippen LogP) is 3.16. The zero-order chi connectivity index (χ0) is 16.9. The van der Waals surface area contributed by atoms with Gasteiger partial charge in [-0.1, -0.05) is 12.1 Å². The highest BCUT2D eigenvalue weighted by atomic mass is 16.6. The summed E-state index contributed by atoms with van der Waals surface area (Å²) in [5.41, 5.74) is -0.0935. The van der Waals surface area contributed by atoms with Crippen molar-refractivity contribution in [2.45, 2.75) is 0 Å². The molecule has 0 unspecified atom stereocenters. The molecule has 1 aromatic heterocycles. The molecule has 2 aromatic carbocycles. The number of nitro groups is 1. The largest absolute Gasteiger partial charge is 0.490 e. The van der Waals surface area contributed by atoms with Gasteiger partial charge in [-0.05, 0) is 24.3 Å². The van der Waals surface area contributed by atoms with Gasteiger partial charge in [-0.3, -0.25) is 10.1 Å². The van der Waals surface area contributed by atoms with Gasteiger partial charge in [0, 0.05) is 23.6 Å². The Morgan fingerprint density at radius 3 is 2.58 bits per heavy atom. The molecule has 7 heteroatoms. The fourth-order valence-corrected chi connectivity index (χ4v) is 2.17. The molecule has 0 bridgehead atoms. The van der Waals surface area contributed by atoms with E-state index >= 15 is 0 Å². The third-order valence-corrected chi connectivity index (χ3v) is 3.27. The van der Waals surface area contributed by atoms with Gasteiger partial charge in [0.15, 0.2) is 5.75 Å². The molecular weight excluding hydrogens is 314 g/mol. The maximum atomic E-state index is 11.2. The van der Waals surface area contributed by atoms with Crippen LogP contribution < -0.4 is 15.1 Å². The first-order valence-corrected chi connectivity index (χ1v) is 7.16. The van der Waals surface area contributed by atoms with E-state index in [9.17, 15) is 14.9 Å². The first-order valence-electron chi connectivity index (χ1n) is 7.16. The van der Waals surface area contributed by atoms with Gasteiger partial charge < -0.3 is 13.9 Å². The zero-order valence-corrected chi connectivity index (χ0v) is 12.5. The van der Waals surface area contributed by atoms with Crippen LogP contribution in [0.4, 0.5) is 5.69 Å². The summed E-state index contributed by atoms with van der Waals surface area (Å²) in [5.74, 6) is 0.707. The van der Waals surface area contributed by atoms with Crippen LogP contribution in [0.25, 0.3) is 11.0 Å². The van der Waals surface area contributed by atoms with Crippen LogP contribution in [-0.2, 0) is 0 Å². The van der Waals surface area contributed by atoms with Crippen LogP contribution in [0, 0.1) is 10.1 Å². The topological polar surface area (TPSA) is 91.8 Å². The lowest BCUT2D eigenvalue weighted by Gasteiger charge is -2.09. The average Bonchev–Trinajstić information content (AvgIpc) is 2.58. The van der Waals surface area contributed by atoms with Gasteiger partial charge in [-0.25, -0.2) is 4.79 Å². The number of benzene rings is 2. The average molecular weight is 327 g/mol. The van der Waals surface area contributed by atoms with E-state index in [-0.39, 0.29) is 24.7 Å². The van der Waals surface area contributed by atoms with Gasteiger partial charge in [0.1, 0.15) is 24.5 Å². The van der Waals surface area contributed by atoms with Gasteiger partial charge in [0.2, 0.25) is 0 Å². The number of nitro benzene ring substituents is 1. The van der Waals surface area contributed by atoms with E-state index in [1.54, 1.807) is 36.4 Å². The van der Waals surface area contributed by atoms with Crippen molar-refractivity contribution < 1.29 is 18.8 Å². The van der Waals surface area contributed by atoms with E-state index in [1.807, 2.05) is 0 Å². The Morgan fingerprint density at radius 1 is 1.00 bits per heavy atom. The third-order valence-electron chi connectivity index (χ3n) is 3.27. The van der Waals surface area contributed by atoms with E-state index in [0.29, 0.717) is 11.3 Å². The number of hydrogen-bond acceptors (Lipinski definition) is 6. The van der Waals surface area contributed by atoms with Crippen molar-refractivity contribution in [3.05, 3.63) is 75.1 Å². The molecular formula is C17H13NO6.